The van der Waals surface area contributed by atoms with Gasteiger partial charge in [-0.05, 0) is 36.4 Å². The van der Waals surface area contributed by atoms with Crippen molar-refractivity contribution in [2.45, 2.75) is 5.16 Å². The maximum atomic E-state index is 12.5. The molecule has 0 radical (unpaired) electrons. The molecule has 0 unspecified atom stereocenters. The zero-order valence-corrected chi connectivity index (χ0v) is 19.8. The van der Waals surface area contributed by atoms with Crippen LogP contribution in [0, 0.1) is 0 Å². The highest BCUT2D eigenvalue weighted by Gasteiger charge is 2.17. The summed E-state index contributed by atoms with van der Waals surface area (Å²) in [7, 11) is 0. The summed E-state index contributed by atoms with van der Waals surface area (Å²) in [5, 5.41) is 14.6. The fourth-order valence-electron chi connectivity index (χ4n) is 3.40. The lowest BCUT2D eigenvalue weighted by Gasteiger charge is -2.10. The smallest absolute Gasteiger partial charge is 0.250 e. The summed E-state index contributed by atoms with van der Waals surface area (Å²) >= 11 is 7.51. The quantitative estimate of drug-likeness (QED) is 0.150. The van der Waals surface area contributed by atoms with Crippen LogP contribution in [0.15, 0.2) is 95.4 Å². The highest BCUT2D eigenvalue weighted by atomic mass is 35.5. The number of fused-ring (bicyclic) bond motifs is 1. The lowest BCUT2D eigenvalue weighted by Crippen LogP contribution is -2.20. The molecule has 3 heterocycles. The second kappa shape index (κ2) is 10.5. The van der Waals surface area contributed by atoms with Crippen LogP contribution in [0.4, 0.5) is 0 Å². The molecule has 0 bridgehead atoms. The molecule has 2 aromatic carbocycles. The van der Waals surface area contributed by atoms with Crippen molar-refractivity contribution in [2.75, 3.05) is 5.75 Å². The average Bonchev–Trinajstić information content (AvgIpc) is 3.33. The van der Waals surface area contributed by atoms with Crippen LogP contribution in [-0.2, 0) is 4.79 Å². The molecule has 5 aromatic rings. The Balaban J connectivity index is 1.30. The number of nitrogens with one attached hydrogen (secondary N) is 1. The molecule has 0 saturated heterocycles. The van der Waals surface area contributed by atoms with Crippen LogP contribution in [0.25, 0.3) is 28.0 Å². The number of aromatic nitrogens is 5. The second-order valence-corrected chi connectivity index (χ2v) is 8.66. The number of amides is 1. The van der Waals surface area contributed by atoms with Crippen molar-refractivity contribution in [1.82, 2.24) is 30.2 Å². The number of thioether (sulfide) groups is 1. The van der Waals surface area contributed by atoms with Gasteiger partial charge in [0.1, 0.15) is 5.15 Å². The third-order valence-corrected chi connectivity index (χ3v) is 6.25. The maximum Gasteiger partial charge on any atom is 0.250 e. The molecule has 0 aliphatic carbocycles. The van der Waals surface area contributed by atoms with Crippen molar-refractivity contribution in [3.05, 3.63) is 95.9 Å². The minimum absolute atomic E-state index is 0.0996. The van der Waals surface area contributed by atoms with E-state index in [1.165, 1.54) is 18.0 Å². The standard InChI is InChI=1S/C25H18ClN7OS/c26-23-19(14-18-6-4-5-9-21(18)29-23)15-28-30-22(34)16-35-25-32-31-24(17-10-12-27-13-11-17)33(25)20-7-2-1-3-8-20/h1-15H,16H2,(H,30,34). The van der Waals surface area contributed by atoms with E-state index in [2.05, 4.69) is 30.7 Å². The van der Waals surface area contributed by atoms with E-state index in [0.717, 1.165) is 22.2 Å². The van der Waals surface area contributed by atoms with Crippen molar-refractivity contribution in [3.63, 3.8) is 0 Å². The van der Waals surface area contributed by atoms with Gasteiger partial charge >= 0.3 is 0 Å². The topological polar surface area (TPSA) is 98.0 Å². The Morgan fingerprint density at radius 3 is 2.63 bits per heavy atom. The van der Waals surface area contributed by atoms with E-state index in [1.54, 1.807) is 12.4 Å². The SMILES string of the molecule is O=C(CSc1nnc(-c2ccncc2)n1-c1ccccc1)NN=Cc1cc2ccccc2nc1Cl. The van der Waals surface area contributed by atoms with Crippen molar-refractivity contribution >= 4 is 46.4 Å². The normalized spacial score (nSPS) is 11.2. The highest BCUT2D eigenvalue weighted by Crippen LogP contribution is 2.27. The van der Waals surface area contributed by atoms with Gasteiger partial charge < -0.3 is 0 Å². The van der Waals surface area contributed by atoms with Gasteiger partial charge in [-0.25, -0.2) is 10.4 Å². The first kappa shape index (κ1) is 22.7. The fourth-order valence-corrected chi connectivity index (χ4v) is 4.34. The molecule has 0 saturated carbocycles. The predicted molar refractivity (Wildman–Crippen MR) is 138 cm³/mol. The van der Waals surface area contributed by atoms with Crippen LogP contribution in [-0.4, -0.2) is 42.6 Å². The van der Waals surface area contributed by atoms with Crippen LogP contribution in [0.1, 0.15) is 5.56 Å². The first-order chi connectivity index (χ1) is 17.2. The molecule has 35 heavy (non-hydrogen) atoms. The molecule has 1 N–H and O–H groups in total. The first-order valence-corrected chi connectivity index (χ1v) is 12.0. The monoisotopic (exact) mass is 499 g/mol. The van der Waals surface area contributed by atoms with Crippen LogP contribution in [0.5, 0.6) is 0 Å². The number of nitrogens with zero attached hydrogens (tertiary/aromatic N) is 6. The van der Waals surface area contributed by atoms with Crippen molar-refractivity contribution < 1.29 is 4.79 Å². The molecule has 0 aliphatic heterocycles. The molecular weight excluding hydrogens is 482 g/mol. The number of carbonyl (C=O) groups is 1. The van der Waals surface area contributed by atoms with E-state index in [4.69, 9.17) is 11.6 Å². The van der Waals surface area contributed by atoms with Gasteiger partial charge in [0.05, 0.1) is 17.5 Å². The number of pyridine rings is 2. The minimum atomic E-state index is -0.288. The Kier molecular flexibility index (Phi) is 6.78. The first-order valence-electron chi connectivity index (χ1n) is 10.6. The number of hydrogen-bond donors (Lipinski definition) is 1. The summed E-state index contributed by atoms with van der Waals surface area (Å²) < 4.78 is 1.91. The molecule has 0 aliphatic rings. The van der Waals surface area contributed by atoms with Gasteiger partial charge in [0, 0.05) is 34.6 Å². The Bertz CT molecular complexity index is 1510. The average molecular weight is 500 g/mol. The van der Waals surface area contributed by atoms with Gasteiger partial charge in [-0.3, -0.25) is 14.3 Å². The zero-order chi connectivity index (χ0) is 24.0. The van der Waals surface area contributed by atoms with Crippen LogP contribution < -0.4 is 5.43 Å². The van der Waals surface area contributed by atoms with Gasteiger partial charge in [-0.1, -0.05) is 59.8 Å². The molecule has 3 aromatic heterocycles. The van der Waals surface area contributed by atoms with Crippen LogP contribution in [0.3, 0.4) is 0 Å². The molecule has 1 amide bonds. The highest BCUT2D eigenvalue weighted by molar-refractivity contribution is 7.99. The Morgan fingerprint density at radius 2 is 1.80 bits per heavy atom. The number of halogens is 1. The summed E-state index contributed by atoms with van der Waals surface area (Å²) in [6.45, 7) is 0. The molecule has 172 valence electrons. The molecule has 8 nitrogen and oxygen atoms in total. The van der Waals surface area contributed by atoms with E-state index < -0.39 is 0 Å². The van der Waals surface area contributed by atoms with E-state index in [1.807, 2.05) is 77.4 Å². The lowest BCUT2D eigenvalue weighted by molar-refractivity contribution is -0.118. The van der Waals surface area contributed by atoms with Gasteiger partial charge in [-0.15, -0.1) is 10.2 Å². The van der Waals surface area contributed by atoms with Gasteiger partial charge in [0.2, 0.25) is 0 Å². The number of hydrogen-bond acceptors (Lipinski definition) is 7. The van der Waals surface area contributed by atoms with E-state index in [-0.39, 0.29) is 11.7 Å². The van der Waals surface area contributed by atoms with Crippen molar-refractivity contribution in [1.29, 1.82) is 0 Å². The molecule has 0 spiro atoms. The van der Waals surface area contributed by atoms with E-state index >= 15 is 0 Å². The number of carbonyl (C=O) groups excluding carboxylic acids is 1. The van der Waals surface area contributed by atoms with Gasteiger partial charge in [0.25, 0.3) is 5.91 Å². The third kappa shape index (κ3) is 5.21. The summed E-state index contributed by atoms with van der Waals surface area (Å²) in [5.41, 5.74) is 5.71. The molecular formula is C25H18ClN7OS. The number of rotatable bonds is 7. The minimum Gasteiger partial charge on any atom is -0.272 e. The van der Waals surface area contributed by atoms with E-state index in [9.17, 15) is 4.79 Å². The third-order valence-electron chi connectivity index (χ3n) is 5.02. The number of para-hydroxylation sites is 2. The second-order valence-electron chi connectivity index (χ2n) is 7.36. The number of hydrazone groups is 1. The Morgan fingerprint density at radius 1 is 1.03 bits per heavy atom. The van der Waals surface area contributed by atoms with Crippen LogP contribution in [0.2, 0.25) is 5.15 Å². The van der Waals surface area contributed by atoms with Crippen LogP contribution >= 0.6 is 23.4 Å². The van der Waals surface area contributed by atoms with Gasteiger partial charge in [-0.2, -0.15) is 5.10 Å². The fraction of sp³-hybridized carbons (Fsp3) is 0.0400. The summed E-state index contributed by atoms with van der Waals surface area (Å²) in [6.07, 6.45) is 4.89. The Labute approximate surface area is 210 Å². The van der Waals surface area contributed by atoms with Crippen molar-refractivity contribution in [3.8, 4) is 17.1 Å². The van der Waals surface area contributed by atoms with E-state index in [0.29, 0.717) is 21.7 Å². The molecule has 0 fully saturated rings. The van der Waals surface area contributed by atoms with Crippen molar-refractivity contribution in [2.24, 2.45) is 5.10 Å². The predicted octanol–water partition coefficient (Wildman–Crippen LogP) is 4.77. The van der Waals surface area contributed by atoms with Gasteiger partial charge in [0.15, 0.2) is 11.0 Å². The summed E-state index contributed by atoms with van der Waals surface area (Å²) in [6, 6.07) is 23.0. The summed E-state index contributed by atoms with van der Waals surface area (Å²) in [4.78, 5) is 20.9. The largest absolute Gasteiger partial charge is 0.272 e. The summed E-state index contributed by atoms with van der Waals surface area (Å²) in [5.74, 6) is 0.477. The zero-order valence-electron chi connectivity index (χ0n) is 18.2. The maximum absolute atomic E-state index is 12.5. The molecule has 5 rings (SSSR count). The lowest BCUT2D eigenvalue weighted by atomic mass is 10.2. The number of benzene rings is 2. The Hall–Kier alpha value is -4.08. The molecule has 0 atom stereocenters. The molecule has 10 heteroatoms.